The number of aliphatic imine (C=N–C) groups is 1. The van der Waals surface area contributed by atoms with Crippen molar-refractivity contribution in [1.29, 1.82) is 0 Å². The van der Waals surface area contributed by atoms with Crippen molar-refractivity contribution in [1.82, 2.24) is 20.4 Å². The Balaban J connectivity index is 0.00000450. The number of hydrogen-bond acceptors (Lipinski definition) is 4. The van der Waals surface area contributed by atoms with Gasteiger partial charge in [-0.1, -0.05) is 32.0 Å². The second-order valence-corrected chi connectivity index (χ2v) is 8.00. The third-order valence-electron chi connectivity index (χ3n) is 4.88. The highest BCUT2D eigenvalue weighted by Gasteiger charge is 2.21. The van der Waals surface area contributed by atoms with Gasteiger partial charge in [0.1, 0.15) is 12.4 Å². The van der Waals surface area contributed by atoms with Gasteiger partial charge in [0.05, 0.1) is 13.1 Å². The van der Waals surface area contributed by atoms with Crippen LogP contribution < -0.4 is 15.4 Å². The molecule has 0 spiro atoms. The fourth-order valence-electron chi connectivity index (χ4n) is 3.43. The van der Waals surface area contributed by atoms with Crippen LogP contribution in [0.2, 0.25) is 0 Å². The maximum absolute atomic E-state index is 11.9. The fraction of sp³-hybridized carbons (Fsp3) is 0.636. The molecule has 1 aliphatic heterocycles. The van der Waals surface area contributed by atoms with E-state index in [4.69, 9.17) is 4.74 Å². The van der Waals surface area contributed by atoms with E-state index in [-0.39, 0.29) is 35.9 Å². The first kappa shape index (κ1) is 26.5. The second kappa shape index (κ2) is 13.7. The van der Waals surface area contributed by atoms with Crippen LogP contribution in [-0.2, 0) is 4.79 Å². The smallest absolute Gasteiger partial charge is 0.234 e. The molecule has 2 N–H and O–H groups in total. The van der Waals surface area contributed by atoms with Gasteiger partial charge in [-0.25, -0.2) is 0 Å². The van der Waals surface area contributed by atoms with E-state index in [0.717, 1.165) is 37.9 Å². The fourth-order valence-corrected chi connectivity index (χ4v) is 3.43. The van der Waals surface area contributed by atoms with Gasteiger partial charge in [-0.3, -0.25) is 14.7 Å². The number of carbonyl (C=O) groups excluding carboxylic acids is 1. The van der Waals surface area contributed by atoms with Crippen LogP contribution in [0.25, 0.3) is 0 Å². The average Bonchev–Trinajstić information content (AvgIpc) is 2.68. The van der Waals surface area contributed by atoms with E-state index in [1.807, 2.05) is 32.0 Å². The Morgan fingerprint density at radius 3 is 2.40 bits per heavy atom. The summed E-state index contributed by atoms with van der Waals surface area (Å²) in [5, 5.41) is 6.34. The molecule has 7 nitrogen and oxygen atoms in total. The largest absolute Gasteiger partial charge is 0.491 e. The Labute approximate surface area is 198 Å². The normalized spacial score (nSPS) is 15.2. The Morgan fingerprint density at radius 2 is 1.80 bits per heavy atom. The number of para-hydroxylation sites is 1. The van der Waals surface area contributed by atoms with Crippen LogP contribution in [0.5, 0.6) is 5.75 Å². The first-order chi connectivity index (χ1) is 13.9. The van der Waals surface area contributed by atoms with E-state index in [0.29, 0.717) is 25.6 Å². The van der Waals surface area contributed by atoms with Crippen LogP contribution in [0, 0.1) is 0 Å². The third kappa shape index (κ3) is 8.67. The van der Waals surface area contributed by atoms with Crippen molar-refractivity contribution in [2.75, 3.05) is 52.9 Å². The van der Waals surface area contributed by atoms with Crippen LogP contribution in [0.15, 0.2) is 29.3 Å². The van der Waals surface area contributed by atoms with Crippen LogP contribution in [0.1, 0.15) is 39.2 Å². The van der Waals surface area contributed by atoms with E-state index < -0.39 is 0 Å². The molecule has 30 heavy (non-hydrogen) atoms. The number of ether oxygens (including phenoxy) is 1. The van der Waals surface area contributed by atoms with Crippen molar-refractivity contribution in [2.45, 2.75) is 39.7 Å². The molecular weight excluding hydrogens is 493 g/mol. The van der Waals surface area contributed by atoms with Gasteiger partial charge in [-0.15, -0.1) is 24.0 Å². The van der Waals surface area contributed by atoms with E-state index >= 15 is 0 Å². The third-order valence-corrected chi connectivity index (χ3v) is 4.88. The number of nitrogens with zero attached hydrogens (tertiary/aromatic N) is 3. The minimum Gasteiger partial charge on any atom is -0.491 e. The van der Waals surface area contributed by atoms with Crippen molar-refractivity contribution in [3.8, 4) is 5.75 Å². The number of guanidine groups is 1. The first-order valence-corrected chi connectivity index (χ1v) is 10.6. The SMILES string of the molecule is CN=C(NCCOc1ccccc1C(C)C)N1CCN(CC(=O)NC(C)C)CC1.I. The molecule has 1 aromatic carbocycles. The van der Waals surface area contributed by atoms with Gasteiger partial charge in [0.2, 0.25) is 5.91 Å². The molecule has 0 aromatic heterocycles. The predicted octanol–water partition coefficient (Wildman–Crippen LogP) is 2.52. The molecule has 0 saturated carbocycles. The molecule has 0 unspecified atom stereocenters. The van der Waals surface area contributed by atoms with Gasteiger partial charge < -0.3 is 20.3 Å². The van der Waals surface area contributed by atoms with Crippen LogP contribution in [0.3, 0.4) is 0 Å². The predicted molar refractivity (Wildman–Crippen MR) is 134 cm³/mol. The number of benzene rings is 1. The molecule has 0 radical (unpaired) electrons. The first-order valence-electron chi connectivity index (χ1n) is 10.6. The lowest BCUT2D eigenvalue weighted by Gasteiger charge is -2.36. The van der Waals surface area contributed by atoms with E-state index in [9.17, 15) is 4.79 Å². The Hall–Kier alpha value is -1.55. The maximum atomic E-state index is 11.9. The summed E-state index contributed by atoms with van der Waals surface area (Å²) >= 11 is 0. The van der Waals surface area contributed by atoms with Gasteiger partial charge in [-0.2, -0.15) is 0 Å². The summed E-state index contributed by atoms with van der Waals surface area (Å²) in [5.41, 5.74) is 1.23. The maximum Gasteiger partial charge on any atom is 0.234 e. The number of hydrogen-bond donors (Lipinski definition) is 2. The zero-order valence-electron chi connectivity index (χ0n) is 19.0. The Morgan fingerprint density at radius 1 is 1.13 bits per heavy atom. The Kier molecular flexibility index (Phi) is 12.1. The minimum atomic E-state index is 0. The van der Waals surface area contributed by atoms with Crippen LogP contribution in [0.4, 0.5) is 0 Å². The van der Waals surface area contributed by atoms with Gasteiger partial charge in [0.25, 0.3) is 0 Å². The van der Waals surface area contributed by atoms with Crippen molar-refractivity contribution >= 4 is 35.8 Å². The standard InChI is InChI=1S/C22H37N5O2.HI/c1-17(2)19-8-6-7-9-20(19)29-15-10-24-22(23-5)27-13-11-26(12-14-27)16-21(28)25-18(3)4;/h6-9,17-18H,10-16H2,1-5H3,(H,23,24)(H,25,28);1H. The molecule has 1 aromatic rings. The summed E-state index contributed by atoms with van der Waals surface area (Å²) in [5.74, 6) is 2.37. The number of carbonyl (C=O) groups is 1. The average molecular weight is 531 g/mol. The van der Waals surface area contributed by atoms with Gasteiger partial charge in [0.15, 0.2) is 5.96 Å². The highest BCUT2D eigenvalue weighted by atomic mass is 127. The molecule has 1 amide bonds. The summed E-state index contributed by atoms with van der Waals surface area (Å²) in [6, 6.07) is 8.39. The lowest BCUT2D eigenvalue weighted by Crippen LogP contribution is -2.54. The summed E-state index contributed by atoms with van der Waals surface area (Å²) < 4.78 is 5.98. The number of rotatable bonds is 8. The number of nitrogens with one attached hydrogen (secondary N) is 2. The lowest BCUT2D eigenvalue weighted by molar-refractivity contribution is -0.123. The molecule has 1 saturated heterocycles. The summed E-state index contributed by atoms with van der Waals surface area (Å²) in [6.45, 7) is 13.5. The van der Waals surface area contributed by atoms with Crippen molar-refractivity contribution < 1.29 is 9.53 Å². The van der Waals surface area contributed by atoms with Gasteiger partial charge >= 0.3 is 0 Å². The quantitative estimate of drug-likeness (QED) is 0.234. The molecule has 170 valence electrons. The topological polar surface area (TPSA) is 69.2 Å². The highest BCUT2D eigenvalue weighted by molar-refractivity contribution is 14.0. The molecule has 0 bridgehead atoms. The number of piperazine rings is 1. The summed E-state index contributed by atoms with van der Waals surface area (Å²) in [6.07, 6.45) is 0. The highest BCUT2D eigenvalue weighted by Crippen LogP contribution is 2.25. The monoisotopic (exact) mass is 531 g/mol. The lowest BCUT2D eigenvalue weighted by atomic mass is 10.0. The van der Waals surface area contributed by atoms with E-state index in [1.54, 1.807) is 7.05 Å². The molecular formula is C22H38IN5O2. The van der Waals surface area contributed by atoms with Crippen LogP contribution >= 0.6 is 24.0 Å². The minimum absolute atomic E-state index is 0. The summed E-state index contributed by atoms with van der Waals surface area (Å²) in [7, 11) is 1.81. The molecule has 1 fully saturated rings. The molecule has 2 rings (SSSR count). The van der Waals surface area contributed by atoms with Crippen molar-refractivity contribution in [3.63, 3.8) is 0 Å². The summed E-state index contributed by atoms with van der Waals surface area (Å²) in [4.78, 5) is 20.8. The Bertz CT molecular complexity index is 673. The van der Waals surface area contributed by atoms with E-state index in [2.05, 4.69) is 45.3 Å². The van der Waals surface area contributed by atoms with Crippen molar-refractivity contribution in [3.05, 3.63) is 29.8 Å². The second-order valence-electron chi connectivity index (χ2n) is 8.00. The molecule has 1 aliphatic rings. The molecule has 0 aliphatic carbocycles. The number of amides is 1. The van der Waals surface area contributed by atoms with Gasteiger partial charge in [-0.05, 0) is 31.4 Å². The van der Waals surface area contributed by atoms with Crippen molar-refractivity contribution in [2.24, 2.45) is 4.99 Å². The van der Waals surface area contributed by atoms with Crippen LogP contribution in [-0.4, -0.2) is 80.6 Å². The van der Waals surface area contributed by atoms with E-state index in [1.165, 1.54) is 5.56 Å². The van der Waals surface area contributed by atoms with Gasteiger partial charge in [0, 0.05) is 39.3 Å². The zero-order valence-corrected chi connectivity index (χ0v) is 21.3. The molecule has 1 heterocycles. The number of halogens is 1. The zero-order chi connectivity index (χ0) is 21.2. The molecule has 8 heteroatoms. The molecule has 0 atom stereocenters.